The van der Waals surface area contributed by atoms with Gasteiger partial charge in [-0.3, -0.25) is 4.79 Å². The van der Waals surface area contributed by atoms with Gasteiger partial charge in [0.1, 0.15) is 5.78 Å². The van der Waals surface area contributed by atoms with E-state index in [4.69, 9.17) is 4.52 Å². The van der Waals surface area contributed by atoms with E-state index in [0.29, 0.717) is 11.8 Å². The van der Waals surface area contributed by atoms with Gasteiger partial charge in [-0.2, -0.15) is 4.98 Å². The topological polar surface area (TPSA) is 59.2 Å². The Morgan fingerprint density at radius 2 is 1.62 bits per heavy atom. The van der Waals surface area contributed by atoms with Crippen molar-refractivity contribution in [1.29, 1.82) is 0 Å². The molecule has 5 heteroatoms. The molecule has 1 heterocycles. The molecule has 0 aliphatic heterocycles. The zero-order chi connectivity index (χ0) is 17.9. The second kappa shape index (κ2) is 11.2. The molecule has 24 heavy (non-hydrogen) atoms. The zero-order valence-corrected chi connectivity index (χ0v) is 16.2. The number of carbonyl (C=O) groups is 1. The summed E-state index contributed by atoms with van der Waals surface area (Å²) < 4.78 is 5.49. The van der Waals surface area contributed by atoms with Gasteiger partial charge < -0.3 is 9.42 Å². The number of carbonyl (C=O) groups excluding carboxylic acids is 1. The Balaban J connectivity index is 2.76. The third-order valence-corrected chi connectivity index (χ3v) is 4.68. The van der Waals surface area contributed by atoms with Gasteiger partial charge in [-0.25, -0.2) is 0 Å². The molecule has 1 aromatic heterocycles. The first-order chi connectivity index (χ1) is 11.5. The first-order valence-corrected chi connectivity index (χ1v) is 9.67. The lowest BCUT2D eigenvalue weighted by Gasteiger charge is -2.19. The van der Waals surface area contributed by atoms with Crippen LogP contribution in [0.5, 0.6) is 0 Å². The lowest BCUT2D eigenvalue weighted by atomic mass is 9.93. The van der Waals surface area contributed by atoms with Crippen LogP contribution in [0.15, 0.2) is 4.52 Å². The van der Waals surface area contributed by atoms with Crippen LogP contribution in [0.3, 0.4) is 0 Å². The van der Waals surface area contributed by atoms with Crippen LogP contribution in [-0.4, -0.2) is 29.0 Å². The van der Waals surface area contributed by atoms with E-state index < -0.39 is 0 Å². The molecule has 0 bridgehead atoms. The van der Waals surface area contributed by atoms with Crippen molar-refractivity contribution in [3.05, 3.63) is 5.82 Å². The van der Waals surface area contributed by atoms with Crippen LogP contribution >= 0.6 is 0 Å². The second-order valence-corrected chi connectivity index (χ2v) is 6.77. The molecule has 138 valence electrons. The smallest absolute Gasteiger partial charge is 0.324 e. The summed E-state index contributed by atoms with van der Waals surface area (Å²) in [6.45, 7) is 12.1. The summed E-state index contributed by atoms with van der Waals surface area (Å²) in [5, 5.41) is 4.08. The molecule has 1 rings (SSSR count). The van der Waals surface area contributed by atoms with Crippen LogP contribution < -0.4 is 4.90 Å². The number of nitrogens with zero attached hydrogens (tertiary/aromatic N) is 3. The van der Waals surface area contributed by atoms with E-state index in [9.17, 15) is 4.79 Å². The SMILES string of the molecule is CCCCCN(CCCCC)c1nc(C(C)C(=O)C(C)CC)no1. The van der Waals surface area contributed by atoms with Crippen molar-refractivity contribution in [3.8, 4) is 0 Å². The van der Waals surface area contributed by atoms with E-state index in [1.165, 1.54) is 25.7 Å². The number of unbranched alkanes of at least 4 members (excludes halogenated alkanes) is 4. The van der Waals surface area contributed by atoms with Crippen LogP contribution in [0.25, 0.3) is 0 Å². The number of anilines is 1. The van der Waals surface area contributed by atoms with E-state index in [0.717, 1.165) is 32.4 Å². The number of Topliss-reactive ketones (excluding diaryl/α,β-unsaturated/α-hetero) is 1. The highest BCUT2D eigenvalue weighted by Crippen LogP contribution is 2.22. The third-order valence-electron chi connectivity index (χ3n) is 4.68. The van der Waals surface area contributed by atoms with Gasteiger partial charge in [0.25, 0.3) is 0 Å². The van der Waals surface area contributed by atoms with Crippen molar-refractivity contribution in [2.75, 3.05) is 18.0 Å². The van der Waals surface area contributed by atoms with E-state index in [1.807, 2.05) is 20.8 Å². The summed E-state index contributed by atoms with van der Waals surface area (Å²) in [4.78, 5) is 19.1. The van der Waals surface area contributed by atoms with Crippen molar-refractivity contribution < 1.29 is 9.32 Å². The average molecular weight is 338 g/mol. The summed E-state index contributed by atoms with van der Waals surface area (Å²) in [7, 11) is 0. The summed E-state index contributed by atoms with van der Waals surface area (Å²) in [5.41, 5.74) is 0. The van der Waals surface area contributed by atoms with Gasteiger partial charge in [0, 0.05) is 19.0 Å². The highest BCUT2D eigenvalue weighted by Gasteiger charge is 2.25. The number of rotatable bonds is 13. The second-order valence-electron chi connectivity index (χ2n) is 6.77. The Labute approximate surface area is 147 Å². The number of aromatic nitrogens is 2. The fourth-order valence-corrected chi connectivity index (χ4v) is 2.69. The number of hydrogen-bond acceptors (Lipinski definition) is 5. The van der Waals surface area contributed by atoms with E-state index in [2.05, 4.69) is 28.9 Å². The molecule has 0 amide bonds. The maximum atomic E-state index is 12.3. The van der Waals surface area contributed by atoms with Gasteiger partial charge in [0.15, 0.2) is 5.82 Å². The Morgan fingerprint density at radius 1 is 1.04 bits per heavy atom. The molecule has 0 spiro atoms. The van der Waals surface area contributed by atoms with E-state index >= 15 is 0 Å². The van der Waals surface area contributed by atoms with Gasteiger partial charge in [-0.1, -0.05) is 58.5 Å². The first kappa shape index (κ1) is 20.7. The summed E-state index contributed by atoms with van der Waals surface area (Å²) in [6, 6.07) is 0.570. The Morgan fingerprint density at radius 3 is 2.12 bits per heavy atom. The maximum Gasteiger partial charge on any atom is 0.324 e. The Kier molecular flexibility index (Phi) is 9.65. The van der Waals surface area contributed by atoms with Crippen LogP contribution in [0.2, 0.25) is 0 Å². The summed E-state index contributed by atoms with van der Waals surface area (Å²) in [6.07, 6.45) is 7.89. The van der Waals surface area contributed by atoms with Crippen LogP contribution in [0.4, 0.5) is 6.01 Å². The van der Waals surface area contributed by atoms with Crippen molar-refractivity contribution in [2.45, 2.75) is 85.5 Å². The summed E-state index contributed by atoms with van der Waals surface area (Å²) >= 11 is 0. The van der Waals surface area contributed by atoms with Gasteiger partial charge in [-0.05, 0) is 26.2 Å². The molecule has 1 aromatic rings. The quantitative estimate of drug-likeness (QED) is 0.475. The van der Waals surface area contributed by atoms with Crippen molar-refractivity contribution in [2.24, 2.45) is 5.92 Å². The molecule has 0 fully saturated rings. The average Bonchev–Trinajstić information content (AvgIpc) is 3.08. The van der Waals surface area contributed by atoms with Crippen LogP contribution in [0, 0.1) is 5.92 Å². The van der Waals surface area contributed by atoms with Crippen molar-refractivity contribution in [1.82, 2.24) is 10.1 Å². The predicted octanol–water partition coefficient (Wildman–Crippen LogP) is 4.98. The van der Waals surface area contributed by atoms with Crippen molar-refractivity contribution >= 4 is 11.8 Å². The Bertz CT molecular complexity index is 463. The summed E-state index contributed by atoms with van der Waals surface area (Å²) in [5.74, 6) is 0.442. The predicted molar refractivity (Wildman–Crippen MR) is 98.4 cm³/mol. The van der Waals surface area contributed by atoms with Gasteiger partial charge in [0.05, 0.1) is 5.92 Å². The minimum Gasteiger partial charge on any atom is -0.324 e. The molecule has 2 unspecified atom stereocenters. The fourth-order valence-electron chi connectivity index (χ4n) is 2.69. The van der Waals surface area contributed by atoms with E-state index in [-0.39, 0.29) is 17.6 Å². The lowest BCUT2D eigenvalue weighted by molar-refractivity contribution is -0.123. The molecule has 0 aliphatic carbocycles. The Hall–Kier alpha value is -1.39. The standard InChI is InChI=1S/C19H35N3O2/c1-6-9-11-13-22(14-12-10-7-2)19-20-18(21-24-19)16(5)17(23)15(4)8-3/h15-16H,6-14H2,1-5H3. The minimum atomic E-state index is -0.300. The molecule has 5 nitrogen and oxygen atoms in total. The van der Waals surface area contributed by atoms with Crippen LogP contribution in [-0.2, 0) is 4.79 Å². The molecule has 2 atom stereocenters. The largest absolute Gasteiger partial charge is 0.324 e. The third kappa shape index (κ3) is 6.25. The minimum absolute atomic E-state index is 0.0344. The highest BCUT2D eigenvalue weighted by molar-refractivity contribution is 5.86. The normalized spacial score (nSPS) is 13.7. The molecular weight excluding hydrogens is 302 g/mol. The number of hydrogen-bond donors (Lipinski definition) is 0. The molecule has 0 radical (unpaired) electrons. The maximum absolute atomic E-state index is 12.3. The molecule has 0 aliphatic rings. The molecule has 0 N–H and O–H groups in total. The van der Waals surface area contributed by atoms with Crippen molar-refractivity contribution in [3.63, 3.8) is 0 Å². The molecular formula is C19H35N3O2. The van der Waals surface area contributed by atoms with Gasteiger partial charge in [0.2, 0.25) is 0 Å². The lowest BCUT2D eigenvalue weighted by Crippen LogP contribution is -2.26. The first-order valence-electron chi connectivity index (χ1n) is 9.67. The van der Waals surface area contributed by atoms with Gasteiger partial charge in [-0.15, -0.1) is 0 Å². The monoisotopic (exact) mass is 337 g/mol. The fraction of sp³-hybridized carbons (Fsp3) is 0.842. The molecule has 0 aromatic carbocycles. The highest BCUT2D eigenvalue weighted by atomic mass is 16.5. The number of ketones is 1. The van der Waals surface area contributed by atoms with Gasteiger partial charge >= 0.3 is 6.01 Å². The zero-order valence-electron chi connectivity index (χ0n) is 16.2. The van der Waals surface area contributed by atoms with Crippen LogP contribution in [0.1, 0.15) is 91.3 Å². The molecule has 0 saturated carbocycles. The molecule has 0 saturated heterocycles. The van der Waals surface area contributed by atoms with E-state index in [1.54, 1.807) is 0 Å².